The van der Waals surface area contributed by atoms with Gasteiger partial charge in [0.15, 0.2) is 5.54 Å². The van der Waals surface area contributed by atoms with E-state index in [9.17, 15) is 4.79 Å². The Labute approximate surface area is 72.2 Å². The summed E-state index contributed by atoms with van der Waals surface area (Å²) >= 11 is 0. The number of rotatable bonds is 3. The van der Waals surface area contributed by atoms with Gasteiger partial charge < -0.3 is 9.47 Å². The van der Waals surface area contributed by atoms with E-state index in [4.69, 9.17) is 4.74 Å². The van der Waals surface area contributed by atoms with Gasteiger partial charge in [-0.05, 0) is 13.8 Å². The summed E-state index contributed by atoms with van der Waals surface area (Å²) in [6.45, 7) is 4.81. The van der Waals surface area contributed by atoms with Crippen LogP contribution in [0.1, 0.15) is 13.8 Å². The average Bonchev–Trinajstić information content (AvgIpc) is 1.95. The highest BCUT2D eigenvalue weighted by molar-refractivity contribution is 5.82. The Morgan fingerprint density at radius 3 is 2.42 bits per heavy atom. The molecule has 0 spiro atoms. The van der Waals surface area contributed by atoms with Gasteiger partial charge in [0, 0.05) is 6.04 Å². The number of ether oxygens (including phenoxy) is 2. The van der Waals surface area contributed by atoms with E-state index in [1.165, 1.54) is 7.11 Å². The zero-order valence-corrected chi connectivity index (χ0v) is 7.72. The third kappa shape index (κ3) is 1.59. The van der Waals surface area contributed by atoms with Gasteiger partial charge in [-0.2, -0.15) is 0 Å². The second-order valence-electron chi connectivity index (χ2n) is 3.37. The zero-order valence-electron chi connectivity index (χ0n) is 7.72. The number of carbonyl (C=O) groups is 1. The Kier molecular flexibility index (Phi) is 2.69. The molecule has 0 aromatic heterocycles. The molecule has 70 valence electrons. The van der Waals surface area contributed by atoms with Crippen molar-refractivity contribution < 1.29 is 14.3 Å². The van der Waals surface area contributed by atoms with Crippen molar-refractivity contribution in [2.24, 2.45) is 0 Å². The summed E-state index contributed by atoms with van der Waals surface area (Å²) in [4.78, 5) is 11.3. The molecule has 1 heterocycles. The fourth-order valence-electron chi connectivity index (χ4n) is 1.31. The van der Waals surface area contributed by atoms with Gasteiger partial charge in [-0.3, -0.25) is 5.32 Å². The third-order valence-electron chi connectivity index (χ3n) is 1.84. The Balaban J connectivity index is 2.56. The number of hydrogen-bond donors (Lipinski definition) is 1. The quantitative estimate of drug-likeness (QED) is 0.607. The monoisotopic (exact) mass is 173 g/mol. The van der Waals surface area contributed by atoms with Crippen molar-refractivity contribution in [3.63, 3.8) is 0 Å². The van der Waals surface area contributed by atoms with Crippen LogP contribution in [-0.4, -0.2) is 37.9 Å². The maximum Gasteiger partial charge on any atom is 0.330 e. The molecule has 4 nitrogen and oxygen atoms in total. The molecule has 0 aliphatic carbocycles. The summed E-state index contributed by atoms with van der Waals surface area (Å²) < 4.78 is 9.68. The smallest absolute Gasteiger partial charge is 0.330 e. The van der Waals surface area contributed by atoms with E-state index in [0.717, 1.165) is 0 Å². The summed E-state index contributed by atoms with van der Waals surface area (Å²) in [7, 11) is 1.39. The highest BCUT2D eigenvalue weighted by Gasteiger charge is 2.47. The van der Waals surface area contributed by atoms with E-state index in [1.54, 1.807) is 0 Å². The lowest BCUT2D eigenvalue weighted by molar-refractivity contribution is -0.170. The van der Waals surface area contributed by atoms with Crippen LogP contribution < -0.4 is 5.32 Å². The SMILES string of the molecule is COC(=O)C1(NC(C)C)COC1. The van der Waals surface area contributed by atoms with Crippen molar-refractivity contribution >= 4 is 5.97 Å². The van der Waals surface area contributed by atoms with E-state index in [2.05, 4.69) is 10.1 Å². The Bertz CT molecular complexity index is 175. The van der Waals surface area contributed by atoms with Crippen LogP contribution >= 0.6 is 0 Å². The van der Waals surface area contributed by atoms with Gasteiger partial charge >= 0.3 is 5.97 Å². The van der Waals surface area contributed by atoms with E-state index in [1.807, 2.05) is 13.8 Å². The normalized spacial score (nSPS) is 20.3. The van der Waals surface area contributed by atoms with Crippen molar-refractivity contribution in [1.29, 1.82) is 0 Å². The van der Waals surface area contributed by atoms with Crippen LogP contribution in [0.5, 0.6) is 0 Å². The molecule has 0 atom stereocenters. The van der Waals surface area contributed by atoms with Crippen LogP contribution in [0.4, 0.5) is 0 Å². The van der Waals surface area contributed by atoms with Crippen LogP contribution in [0, 0.1) is 0 Å². The van der Waals surface area contributed by atoms with Gasteiger partial charge in [0.05, 0.1) is 20.3 Å². The van der Waals surface area contributed by atoms with Crippen molar-refractivity contribution in [2.45, 2.75) is 25.4 Å². The van der Waals surface area contributed by atoms with Gasteiger partial charge in [-0.15, -0.1) is 0 Å². The molecule has 0 saturated carbocycles. The summed E-state index contributed by atoms with van der Waals surface area (Å²) in [6.07, 6.45) is 0. The first kappa shape index (κ1) is 9.48. The molecule has 1 rings (SSSR count). The minimum absolute atomic E-state index is 0.234. The minimum atomic E-state index is -0.580. The number of esters is 1. The summed E-state index contributed by atoms with van der Waals surface area (Å²) in [5, 5.41) is 3.14. The zero-order chi connectivity index (χ0) is 9.19. The van der Waals surface area contributed by atoms with Gasteiger partial charge in [-0.1, -0.05) is 0 Å². The number of hydrogen-bond acceptors (Lipinski definition) is 4. The highest BCUT2D eigenvalue weighted by Crippen LogP contribution is 2.19. The summed E-state index contributed by atoms with van der Waals surface area (Å²) in [5.41, 5.74) is -0.580. The molecular weight excluding hydrogens is 158 g/mol. The lowest BCUT2D eigenvalue weighted by atomic mass is 9.97. The van der Waals surface area contributed by atoms with Crippen LogP contribution in [0.15, 0.2) is 0 Å². The molecule has 0 unspecified atom stereocenters. The minimum Gasteiger partial charge on any atom is -0.468 e. The second-order valence-corrected chi connectivity index (χ2v) is 3.37. The fraction of sp³-hybridized carbons (Fsp3) is 0.875. The predicted octanol–water partition coefficient (Wildman–Crippen LogP) is -0.0736. The molecule has 4 heteroatoms. The first-order valence-electron chi connectivity index (χ1n) is 4.04. The van der Waals surface area contributed by atoms with Gasteiger partial charge in [0.1, 0.15) is 0 Å². The molecule has 0 aromatic rings. The molecule has 0 radical (unpaired) electrons. The molecular formula is C8H15NO3. The fourth-order valence-corrected chi connectivity index (χ4v) is 1.31. The van der Waals surface area contributed by atoms with Crippen molar-refractivity contribution in [3.05, 3.63) is 0 Å². The maximum atomic E-state index is 11.3. The molecule has 0 amide bonds. The van der Waals surface area contributed by atoms with E-state index in [0.29, 0.717) is 13.2 Å². The number of carbonyl (C=O) groups excluding carboxylic acids is 1. The van der Waals surface area contributed by atoms with Crippen LogP contribution in [0.3, 0.4) is 0 Å². The lowest BCUT2D eigenvalue weighted by Gasteiger charge is -2.40. The number of nitrogens with one attached hydrogen (secondary N) is 1. The van der Waals surface area contributed by atoms with Crippen molar-refractivity contribution in [2.75, 3.05) is 20.3 Å². The standard InChI is InChI=1S/C8H15NO3/c1-6(2)9-8(4-12-5-8)7(10)11-3/h6,9H,4-5H2,1-3H3. The molecule has 1 aliphatic rings. The average molecular weight is 173 g/mol. The molecule has 12 heavy (non-hydrogen) atoms. The molecule has 1 saturated heterocycles. The molecule has 0 aromatic carbocycles. The molecule has 1 N–H and O–H groups in total. The molecule has 1 fully saturated rings. The van der Waals surface area contributed by atoms with Crippen LogP contribution in [0.2, 0.25) is 0 Å². The maximum absolute atomic E-state index is 11.3. The van der Waals surface area contributed by atoms with Crippen LogP contribution in [-0.2, 0) is 14.3 Å². The predicted molar refractivity (Wildman–Crippen MR) is 43.8 cm³/mol. The van der Waals surface area contributed by atoms with Gasteiger partial charge in [-0.25, -0.2) is 4.79 Å². The molecule has 0 bridgehead atoms. The highest BCUT2D eigenvalue weighted by atomic mass is 16.5. The topological polar surface area (TPSA) is 47.6 Å². The lowest BCUT2D eigenvalue weighted by Crippen LogP contribution is -2.67. The first-order valence-corrected chi connectivity index (χ1v) is 4.04. The van der Waals surface area contributed by atoms with E-state index >= 15 is 0 Å². The van der Waals surface area contributed by atoms with Crippen molar-refractivity contribution in [1.82, 2.24) is 5.32 Å². The summed E-state index contributed by atoms with van der Waals surface area (Å²) in [5.74, 6) is -0.234. The number of methoxy groups -OCH3 is 1. The van der Waals surface area contributed by atoms with E-state index in [-0.39, 0.29) is 12.0 Å². The van der Waals surface area contributed by atoms with Crippen molar-refractivity contribution in [3.8, 4) is 0 Å². The van der Waals surface area contributed by atoms with Gasteiger partial charge in [0.2, 0.25) is 0 Å². The first-order chi connectivity index (χ1) is 5.60. The van der Waals surface area contributed by atoms with Gasteiger partial charge in [0.25, 0.3) is 0 Å². The Morgan fingerprint density at radius 1 is 1.58 bits per heavy atom. The summed E-state index contributed by atoms with van der Waals surface area (Å²) in [6, 6.07) is 0.257. The Morgan fingerprint density at radius 2 is 2.17 bits per heavy atom. The second kappa shape index (κ2) is 3.41. The largest absolute Gasteiger partial charge is 0.468 e. The third-order valence-corrected chi connectivity index (χ3v) is 1.84. The molecule has 1 aliphatic heterocycles. The van der Waals surface area contributed by atoms with E-state index < -0.39 is 5.54 Å². The van der Waals surface area contributed by atoms with Crippen LogP contribution in [0.25, 0.3) is 0 Å². The Hall–Kier alpha value is -0.610.